The third-order valence-corrected chi connectivity index (χ3v) is 16.5. The van der Waals surface area contributed by atoms with E-state index in [0.717, 1.165) is 11.1 Å². The lowest BCUT2D eigenvalue weighted by Crippen LogP contribution is -2.68. The third kappa shape index (κ3) is 6.95. The molecule has 3 aromatic carbocycles. The first-order chi connectivity index (χ1) is 27.0. The molecule has 3 aliphatic carbocycles. The van der Waals surface area contributed by atoms with E-state index in [4.69, 9.17) is 27.9 Å². The topological polar surface area (TPSA) is 130 Å². The van der Waals surface area contributed by atoms with Crippen LogP contribution in [-0.4, -0.2) is 68.0 Å². The van der Waals surface area contributed by atoms with Crippen molar-refractivity contribution in [3.05, 3.63) is 106 Å². The molecule has 3 aliphatic rings. The van der Waals surface area contributed by atoms with Crippen LogP contribution in [-0.2, 0) is 28.9 Å². The highest BCUT2D eigenvalue weighted by atomic mass is 28.4. The zero-order valence-electron chi connectivity index (χ0n) is 34.6. The van der Waals surface area contributed by atoms with Gasteiger partial charge in [-0.15, -0.1) is 0 Å². The summed E-state index contributed by atoms with van der Waals surface area (Å²) in [6.45, 7) is 14.5. The SMILES string of the molecule is COc1cc(OCc2ccccc2)c2c(c1OC(C)C)C[C@H]1C[C@H]3[C@H](N(C)C)c4onc(OCc5ccccc5)c4C(=O)[C@@]3(O[Si](C)(C)C(C)(C)C)C(=O)C1=C2O. The van der Waals surface area contributed by atoms with Crippen LogP contribution in [0.1, 0.15) is 85.5 Å². The van der Waals surface area contributed by atoms with Crippen LogP contribution in [0.3, 0.4) is 0 Å². The second kappa shape index (κ2) is 15.1. The number of aliphatic hydroxyl groups excluding tert-OH is 1. The lowest BCUT2D eigenvalue weighted by molar-refractivity contribution is -0.140. The van der Waals surface area contributed by atoms with Crippen molar-refractivity contribution < 1.29 is 42.6 Å². The average Bonchev–Trinajstić information content (AvgIpc) is 3.58. The monoisotopic (exact) mass is 794 g/mol. The van der Waals surface area contributed by atoms with Crippen molar-refractivity contribution in [2.45, 2.75) is 96.6 Å². The van der Waals surface area contributed by atoms with Crippen LogP contribution in [0.25, 0.3) is 5.76 Å². The Morgan fingerprint density at radius 1 is 0.930 bits per heavy atom. The molecule has 0 saturated heterocycles. The van der Waals surface area contributed by atoms with Gasteiger partial charge < -0.3 is 33.0 Å². The number of methoxy groups -OCH3 is 1. The van der Waals surface area contributed by atoms with Gasteiger partial charge in [0, 0.05) is 23.1 Å². The van der Waals surface area contributed by atoms with E-state index in [1.165, 1.54) is 0 Å². The molecule has 1 aromatic heterocycles. The molecule has 4 aromatic rings. The minimum absolute atomic E-state index is 0.00337. The summed E-state index contributed by atoms with van der Waals surface area (Å²) in [7, 11) is 2.45. The molecule has 1 fully saturated rings. The first-order valence-electron chi connectivity index (χ1n) is 19.6. The van der Waals surface area contributed by atoms with Crippen molar-refractivity contribution in [1.29, 1.82) is 0 Å². The summed E-state index contributed by atoms with van der Waals surface area (Å²) in [5.41, 5.74) is 1.02. The fraction of sp³-hybridized carbons (Fsp3) is 0.444. The normalized spacial score (nSPS) is 21.9. The van der Waals surface area contributed by atoms with Crippen molar-refractivity contribution in [1.82, 2.24) is 10.1 Å². The summed E-state index contributed by atoms with van der Waals surface area (Å²) in [5.74, 6) is -1.01. The van der Waals surface area contributed by atoms with E-state index in [-0.39, 0.29) is 47.1 Å². The molecular weight excluding hydrogens is 741 g/mol. The number of aliphatic hydroxyl groups is 1. The zero-order chi connectivity index (χ0) is 41.0. The van der Waals surface area contributed by atoms with E-state index in [1.807, 2.05) is 107 Å². The Bertz CT molecular complexity index is 2190. The summed E-state index contributed by atoms with van der Waals surface area (Å²) < 4.78 is 38.2. The molecule has 4 atom stereocenters. The van der Waals surface area contributed by atoms with Gasteiger partial charge in [0.05, 0.1) is 24.8 Å². The van der Waals surface area contributed by atoms with E-state index in [1.54, 1.807) is 13.2 Å². The number of hydrogen-bond donors (Lipinski definition) is 1. The van der Waals surface area contributed by atoms with Gasteiger partial charge in [0.25, 0.3) is 5.88 Å². The van der Waals surface area contributed by atoms with Crippen LogP contribution in [0.2, 0.25) is 18.1 Å². The van der Waals surface area contributed by atoms with Crippen LogP contribution in [0.5, 0.6) is 23.1 Å². The van der Waals surface area contributed by atoms with Gasteiger partial charge >= 0.3 is 0 Å². The highest BCUT2D eigenvalue weighted by Crippen LogP contribution is 2.60. The number of carbonyl (C=O) groups is 2. The maximum Gasteiger partial charge on any atom is 0.265 e. The smallest absolute Gasteiger partial charge is 0.265 e. The lowest BCUT2D eigenvalue weighted by atomic mass is 9.57. The maximum atomic E-state index is 15.9. The Morgan fingerprint density at radius 3 is 2.11 bits per heavy atom. The first kappa shape index (κ1) is 40.3. The molecule has 1 N–H and O–H groups in total. The number of rotatable bonds is 12. The third-order valence-electron chi connectivity index (χ3n) is 12.0. The molecular formula is C45H54N2O9Si. The zero-order valence-corrected chi connectivity index (χ0v) is 35.6. The quantitative estimate of drug-likeness (QED) is 0.109. The van der Waals surface area contributed by atoms with E-state index in [2.05, 4.69) is 25.9 Å². The molecule has 302 valence electrons. The summed E-state index contributed by atoms with van der Waals surface area (Å²) in [6.07, 6.45) is 0.409. The standard InChI is InChI=1S/C45H54N2O9Si/c1-26(2)54-39-30-21-29-22-31-37(47(6)7)40-36(43(46-55-40)53-25-28-19-15-12-16-20-28)42(50)45(31,56-57(9,10)44(3,4)5)41(49)34(29)38(48)35(30)32(23-33(39)51-8)52-24-27-17-13-11-14-18-27/h11-20,23,26,29,31,37,48H,21-22,24-25H2,1-10H3/t29-,31-,37-,45-/m0/s1. The maximum absolute atomic E-state index is 15.9. The number of ketones is 2. The number of Topliss-reactive ketones (excluding diaryl/α,β-unsaturated/α-hetero) is 2. The number of ether oxygens (including phenoxy) is 4. The van der Waals surface area contributed by atoms with Crippen molar-refractivity contribution >= 4 is 25.6 Å². The molecule has 0 unspecified atom stereocenters. The van der Waals surface area contributed by atoms with Gasteiger partial charge in [-0.2, -0.15) is 0 Å². The molecule has 0 amide bonds. The Hall–Kier alpha value is -4.91. The molecule has 0 bridgehead atoms. The molecule has 1 heterocycles. The van der Waals surface area contributed by atoms with E-state index in [9.17, 15) is 5.11 Å². The predicted octanol–water partition coefficient (Wildman–Crippen LogP) is 8.92. The van der Waals surface area contributed by atoms with Crippen LogP contribution < -0.4 is 18.9 Å². The number of nitrogens with zero attached hydrogens (tertiary/aromatic N) is 2. The Balaban J connectivity index is 1.44. The van der Waals surface area contributed by atoms with Gasteiger partial charge in [0.2, 0.25) is 11.6 Å². The number of hydrogen-bond acceptors (Lipinski definition) is 11. The minimum Gasteiger partial charge on any atom is -0.507 e. The number of benzene rings is 3. The number of aromatic nitrogens is 1. The Kier molecular flexibility index (Phi) is 10.7. The summed E-state index contributed by atoms with van der Waals surface area (Å²) in [4.78, 5) is 33.4. The second-order valence-electron chi connectivity index (χ2n) is 17.4. The molecule has 57 heavy (non-hydrogen) atoms. The van der Waals surface area contributed by atoms with Crippen molar-refractivity contribution in [2.75, 3.05) is 21.2 Å². The van der Waals surface area contributed by atoms with Gasteiger partial charge in [-0.3, -0.25) is 14.5 Å². The summed E-state index contributed by atoms with van der Waals surface area (Å²) in [5, 5.41) is 16.6. The second-order valence-corrected chi connectivity index (χ2v) is 22.1. The minimum atomic E-state index is -2.92. The van der Waals surface area contributed by atoms with Crippen LogP contribution in [0.4, 0.5) is 0 Å². The van der Waals surface area contributed by atoms with E-state index >= 15 is 9.59 Å². The fourth-order valence-electron chi connectivity index (χ4n) is 8.33. The van der Waals surface area contributed by atoms with E-state index < -0.39 is 43.4 Å². The summed E-state index contributed by atoms with van der Waals surface area (Å²) in [6, 6.07) is 20.4. The van der Waals surface area contributed by atoms with Gasteiger partial charge in [0.1, 0.15) is 30.3 Å². The molecule has 12 heteroatoms. The van der Waals surface area contributed by atoms with Gasteiger partial charge in [0.15, 0.2) is 31.2 Å². The van der Waals surface area contributed by atoms with Gasteiger partial charge in [-0.25, -0.2) is 0 Å². The molecule has 0 aliphatic heterocycles. The number of fused-ring (bicyclic) bond motifs is 4. The molecule has 0 radical (unpaired) electrons. The van der Waals surface area contributed by atoms with Crippen LogP contribution in [0, 0.1) is 11.8 Å². The molecule has 1 saturated carbocycles. The lowest BCUT2D eigenvalue weighted by Gasteiger charge is -2.55. The van der Waals surface area contributed by atoms with Crippen molar-refractivity contribution in [2.24, 2.45) is 11.8 Å². The van der Waals surface area contributed by atoms with Crippen molar-refractivity contribution in [3.63, 3.8) is 0 Å². The average molecular weight is 795 g/mol. The highest BCUT2D eigenvalue weighted by molar-refractivity contribution is 6.74. The van der Waals surface area contributed by atoms with Gasteiger partial charge in [-0.1, -0.05) is 81.4 Å². The molecule has 0 spiro atoms. The first-order valence-corrected chi connectivity index (χ1v) is 22.5. The Morgan fingerprint density at radius 2 is 1.54 bits per heavy atom. The van der Waals surface area contributed by atoms with Crippen LogP contribution >= 0.6 is 0 Å². The number of carbonyl (C=O) groups excluding carboxylic acids is 2. The Labute approximate surface area is 336 Å². The highest BCUT2D eigenvalue weighted by Gasteiger charge is 2.69. The largest absolute Gasteiger partial charge is 0.507 e. The molecule has 11 nitrogen and oxygen atoms in total. The fourth-order valence-corrected chi connectivity index (χ4v) is 9.78. The van der Waals surface area contributed by atoms with Gasteiger partial charge in [-0.05, 0) is 81.1 Å². The van der Waals surface area contributed by atoms with Crippen LogP contribution in [0.15, 0.2) is 76.8 Å². The van der Waals surface area contributed by atoms with E-state index in [0.29, 0.717) is 47.0 Å². The molecule has 7 rings (SSSR count). The summed E-state index contributed by atoms with van der Waals surface area (Å²) >= 11 is 0. The van der Waals surface area contributed by atoms with Crippen molar-refractivity contribution in [3.8, 4) is 23.1 Å². The predicted molar refractivity (Wildman–Crippen MR) is 218 cm³/mol.